The van der Waals surface area contributed by atoms with Crippen molar-refractivity contribution in [1.29, 1.82) is 0 Å². The molecular weight excluding hydrogens is 711 g/mol. The molecule has 3 nitrogen and oxygen atoms in total. The molecule has 0 N–H and O–H groups in total. The lowest BCUT2D eigenvalue weighted by Gasteiger charge is -2.14. The Morgan fingerprint density at radius 2 is 0.947 bits per heavy atom. The van der Waals surface area contributed by atoms with E-state index >= 15 is 0 Å². The van der Waals surface area contributed by atoms with E-state index in [0.29, 0.717) is 0 Å². The molecule has 0 saturated carbocycles. The molecule has 0 aliphatic carbocycles. The first-order chi connectivity index (χ1) is 28.3. The largest absolute Gasteiger partial charge is 0.309 e. The number of aromatic nitrogens is 3. The summed E-state index contributed by atoms with van der Waals surface area (Å²) >= 11 is 1.86. The fourth-order valence-electron chi connectivity index (χ4n) is 8.95. The molecule has 0 spiro atoms. The normalized spacial score (nSPS) is 11.9. The summed E-state index contributed by atoms with van der Waals surface area (Å²) in [6.07, 6.45) is 1.91. The molecule has 266 valence electrons. The van der Waals surface area contributed by atoms with Crippen LogP contribution in [-0.2, 0) is 0 Å². The number of thiophene rings is 1. The Labute approximate surface area is 333 Å². The van der Waals surface area contributed by atoms with E-state index in [4.69, 9.17) is 4.98 Å². The zero-order valence-electron chi connectivity index (χ0n) is 30.8. The van der Waals surface area contributed by atoms with Crippen molar-refractivity contribution in [2.75, 3.05) is 0 Å². The smallest absolute Gasteiger partial charge is 0.0963 e. The lowest BCUT2D eigenvalue weighted by atomic mass is 9.98. The molecule has 0 saturated heterocycles. The Morgan fingerprint density at radius 1 is 0.351 bits per heavy atom. The SMILES string of the molecule is c1ccc(-c2cc(-c3ccccc3)cc(-n3c4ccccc4c4cc(-c5ccc6c(c5)c5ncccc5n6-c5cccc6c5sc5ccccc56)ccc43)c2)cc1. The van der Waals surface area contributed by atoms with Gasteiger partial charge in [-0.1, -0.05) is 121 Å². The van der Waals surface area contributed by atoms with Crippen LogP contribution in [0.2, 0.25) is 0 Å². The average molecular weight is 744 g/mol. The Bertz CT molecular complexity index is 3460. The van der Waals surface area contributed by atoms with Gasteiger partial charge in [0.05, 0.1) is 38.0 Å². The first kappa shape index (κ1) is 32.0. The molecule has 0 amide bonds. The summed E-state index contributed by atoms with van der Waals surface area (Å²) in [7, 11) is 0. The van der Waals surface area contributed by atoms with Crippen molar-refractivity contribution in [2.45, 2.75) is 0 Å². The standard InChI is InChI=1S/C53H33N3S/c1-3-13-34(14-4-1)38-29-39(35-15-5-2-6-16-35)31-40(30-38)55-46-20-9-7-17-41(46)44-32-36(24-26-47(44)55)37-25-27-48-45(33-37)52-49(22-12-28-54-52)56(48)50-21-11-19-43-42-18-8-10-23-51(42)57-53(43)50/h1-33H. The molecule has 0 fully saturated rings. The van der Waals surface area contributed by atoms with Crippen molar-refractivity contribution in [1.82, 2.24) is 14.1 Å². The van der Waals surface area contributed by atoms with Gasteiger partial charge in [-0.15, -0.1) is 11.3 Å². The van der Waals surface area contributed by atoms with E-state index in [0.717, 1.165) is 27.6 Å². The minimum absolute atomic E-state index is 1.01. The summed E-state index contributed by atoms with van der Waals surface area (Å²) in [5.74, 6) is 0. The zero-order valence-corrected chi connectivity index (χ0v) is 31.6. The quantitative estimate of drug-likeness (QED) is 0.172. The minimum atomic E-state index is 1.01. The fraction of sp³-hybridized carbons (Fsp3) is 0. The molecule has 0 atom stereocenters. The van der Waals surface area contributed by atoms with Gasteiger partial charge in [0, 0.05) is 43.5 Å². The summed E-state index contributed by atoms with van der Waals surface area (Å²) in [6, 6.07) is 70.7. The summed E-state index contributed by atoms with van der Waals surface area (Å²) in [5, 5.41) is 6.20. The van der Waals surface area contributed by atoms with E-state index < -0.39 is 0 Å². The van der Waals surface area contributed by atoms with Crippen LogP contribution in [0.4, 0.5) is 0 Å². The van der Waals surface area contributed by atoms with Crippen LogP contribution >= 0.6 is 11.3 Å². The molecule has 4 aromatic heterocycles. The highest BCUT2D eigenvalue weighted by Crippen LogP contribution is 2.42. The molecule has 4 heteroatoms. The summed E-state index contributed by atoms with van der Waals surface area (Å²) in [6.45, 7) is 0. The molecule has 57 heavy (non-hydrogen) atoms. The number of para-hydroxylation sites is 1. The van der Waals surface area contributed by atoms with Crippen LogP contribution in [0.5, 0.6) is 0 Å². The monoisotopic (exact) mass is 743 g/mol. The highest BCUT2D eigenvalue weighted by molar-refractivity contribution is 7.26. The summed E-state index contributed by atoms with van der Waals surface area (Å²) in [5.41, 5.74) is 15.1. The van der Waals surface area contributed by atoms with Crippen molar-refractivity contribution >= 4 is 75.3 Å². The summed E-state index contributed by atoms with van der Waals surface area (Å²) < 4.78 is 7.43. The first-order valence-corrected chi connectivity index (χ1v) is 20.2. The fourth-order valence-corrected chi connectivity index (χ4v) is 10.2. The molecule has 0 unspecified atom stereocenters. The van der Waals surface area contributed by atoms with Crippen molar-refractivity contribution < 1.29 is 0 Å². The van der Waals surface area contributed by atoms with Crippen molar-refractivity contribution in [3.63, 3.8) is 0 Å². The molecular formula is C53H33N3S. The van der Waals surface area contributed by atoms with Gasteiger partial charge in [-0.05, 0) is 106 Å². The van der Waals surface area contributed by atoms with E-state index in [9.17, 15) is 0 Å². The maximum Gasteiger partial charge on any atom is 0.0963 e. The number of benzene rings is 8. The van der Waals surface area contributed by atoms with Crippen LogP contribution in [0.15, 0.2) is 200 Å². The minimum Gasteiger partial charge on any atom is -0.309 e. The number of hydrogen-bond donors (Lipinski definition) is 0. The number of pyridine rings is 1. The Balaban J connectivity index is 1.04. The molecule has 0 aliphatic heterocycles. The van der Waals surface area contributed by atoms with Gasteiger partial charge in [0.1, 0.15) is 0 Å². The molecule has 4 heterocycles. The van der Waals surface area contributed by atoms with Crippen molar-refractivity contribution in [3.05, 3.63) is 200 Å². The van der Waals surface area contributed by atoms with Gasteiger partial charge in [0.15, 0.2) is 0 Å². The van der Waals surface area contributed by atoms with E-state index in [2.05, 4.69) is 197 Å². The number of hydrogen-bond acceptors (Lipinski definition) is 2. The van der Waals surface area contributed by atoms with E-state index in [1.54, 1.807) is 0 Å². The van der Waals surface area contributed by atoms with Crippen LogP contribution < -0.4 is 0 Å². The van der Waals surface area contributed by atoms with Gasteiger partial charge in [-0.3, -0.25) is 4.98 Å². The van der Waals surface area contributed by atoms with Gasteiger partial charge in [0.25, 0.3) is 0 Å². The van der Waals surface area contributed by atoms with E-state index in [1.807, 2.05) is 23.6 Å². The van der Waals surface area contributed by atoms with E-state index in [1.165, 1.54) is 81.0 Å². The molecule has 12 aromatic rings. The third-order valence-corrected chi connectivity index (χ3v) is 12.7. The Hall–Kier alpha value is -7.27. The average Bonchev–Trinajstić information content (AvgIpc) is 3.94. The third-order valence-electron chi connectivity index (χ3n) is 11.5. The number of rotatable bonds is 5. The van der Waals surface area contributed by atoms with Gasteiger partial charge < -0.3 is 9.13 Å². The predicted octanol–water partition coefficient (Wildman–Crippen LogP) is 14.6. The van der Waals surface area contributed by atoms with Crippen LogP contribution in [-0.4, -0.2) is 14.1 Å². The van der Waals surface area contributed by atoms with E-state index in [-0.39, 0.29) is 0 Å². The second kappa shape index (κ2) is 12.6. The highest BCUT2D eigenvalue weighted by Gasteiger charge is 2.19. The highest BCUT2D eigenvalue weighted by atomic mass is 32.1. The number of nitrogens with zero attached hydrogens (tertiary/aromatic N) is 3. The van der Waals surface area contributed by atoms with Crippen molar-refractivity contribution in [3.8, 4) is 44.8 Å². The zero-order chi connectivity index (χ0) is 37.5. The Kier molecular flexibility index (Phi) is 7.10. The van der Waals surface area contributed by atoms with Crippen LogP contribution in [0.3, 0.4) is 0 Å². The molecule has 8 aromatic carbocycles. The van der Waals surface area contributed by atoms with Gasteiger partial charge >= 0.3 is 0 Å². The Morgan fingerprint density at radius 3 is 1.70 bits per heavy atom. The summed E-state index contributed by atoms with van der Waals surface area (Å²) in [4.78, 5) is 4.98. The van der Waals surface area contributed by atoms with Crippen LogP contribution in [0.1, 0.15) is 0 Å². The maximum atomic E-state index is 4.98. The molecule has 0 bridgehead atoms. The second-order valence-corrected chi connectivity index (χ2v) is 15.8. The van der Waals surface area contributed by atoms with Gasteiger partial charge in [-0.2, -0.15) is 0 Å². The van der Waals surface area contributed by atoms with Crippen LogP contribution in [0, 0.1) is 0 Å². The predicted molar refractivity (Wildman–Crippen MR) is 242 cm³/mol. The maximum absolute atomic E-state index is 4.98. The number of fused-ring (bicyclic) bond motifs is 9. The lowest BCUT2D eigenvalue weighted by molar-refractivity contribution is 1.18. The molecule has 0 radical (unpaired) electrons. The first-order valence-electron chi connectivity index (χ1n) is 19.4. The molecule has 12 rings (SSSR count). The van der Waals surface area contributed by atoms with Gasteiger partial charge in [0.2, 0.25) is 0 Å². The second-order valence-electron chi connectivity index (χ2n) is 14.8. The lowest BCUT2D eigenvalue weighted by Crippen LogP contribution is -1.96. The topological polar surface area (TPSA) is 22.8 Å². The third kappa shape index (κ3) is 5.01. The molecule has 0 aliphatic rings. The van der Waals surface area contributed by atoms with Crippen molar-refractivity contribution in [2.24, 2.45) is 0 Å². The van der Waals surface area contributed by atoms with Gasteiger partial charge in [-0.25, -0.2) is 0 Å². The van der Waals surface area contributed by atoms with Crippen LogP contribution in [0.25, 0.3) is 109 Å².